The molecule has 12 heavy (non-hydrogen) atoms. The van der Waals surface area contributed by atoms with Gasteiger partial charge in [-0.1, -0.05) is 0 Å². The molecule has 0 aliphatic heterocycles. The summed E-state index contributed by atoms with van der Waals surface area (Å²) in [5, 5.41) is 0. The second-order valence-corrected chi connectivity index (χ2v) is 2.68. The zero-order chi connectivity index (χ0) is 9.35. The van der Waals surface area contributed by atoms with E-state index < -0.39 is 12.6 Å². The molecule has 68 valence electrons. The van der Waals surface area contributed by atoms with E-state index in [1.807, 2.05) is 0 Å². The highest BCUT2D eigenvalue weighted by atomic mass is 19.4. The van der Waals surface area contributed by atoms with E-state index in [4.69, 9.17) is 0 Å². The van der Waals surface area contributed by atoms with E-state index in [1.54, 1.807) is 18.5 Å². The molecule has 0 aliphatic rings. The maximum atomic E-state index is 11.9. The van der Waals surface area contributed by atoms with Gasteiger partial charge in [-0.05, 0) is 6.92 Å². The summed E-state index contributed by atoms with van der Waals surface area (Å²) in [5.74, 6) is 0. The summed E-state index contributed by atoms with van der Waals surface area (Å²) >= 11 is 0. The van der Waals surface area contributed by atoms with Crippen LogP contribution < -0.4 is 0 Å². The Morgan fingerprint density at radius 1 is 1.50 bits per heavy atom. The predicted molar refractivity (Wildman–Crippen MR) is 37.7 cm³/mol. The molecule has 0 spiro atoms. The molecule has 0 saturated carbocycles. The summed E-state index contributed by atoms with van der Waals surface area (Å²) in [6.07, 6.45) is -3.73. The van der Waals surface area contributed by atoms with Crippen LogP contribution in [0.15, 0.2) is 6.33 Å². The third-order valence-electron chi connectivity index (χ3n) is 1.70. The number of aryl methyl sites for hydroxylation is 1. The minimum atomic E-state index is -4.17. The highest BCUT2D eigenvalue weighted by Gasteiger charge is 2.29. The van der Waals surface area contributed by atoms with Gasteiger partial charge in [0.25, 0.3) is 0 Å². The molecule has 1 aromatic rings. The largest absolute Gasteiger partial charge is 0.394 e. The fourth-order valence-electron chi connectivity index (χ4n) is 0.903. The fourth-order valence-corrected chi connectivity index (χ4v) is 0.903. The summed E-state index contributed by atoms with van der Waals surface area (Å²) < 4.78 is 37.2. The van der Waals surface area contributed by atoms with Crippen LogP contribution >= 0.6 is 0 Å². The summed E-state index contributed by atoms with van der Waals surface area (Å²) in [5.41, 5.74) is 0.664. The van der Waals surface area contributed by atoms with Crippen LogP contribution in [0.5, 0.6) is 0 Å². The monoisotopic (exact) mass is 178 g/mol. The van der Waals surface area contributed by atoms with E-state index >= 15 is 0 Å². The standard InChI is InChI=1S/C7H9F3N2/c1-5-6(3-7(8,9)10)11-4-12(5)2/h4H,3H2,1-2H3. The average Bonchev–Trinajstić information content (AvgIpc) is 2.16. The Morgan fingerprint density at radius 3 is 2.42 bits per heavy atom. The van der Waals surface area contributed by atoms with Crippen molar-refractivity contribution in [3.8, 4) is 0 Å². The number of aromatic nitrogens is 2. The number of rotatable bonds is 1. The van der Waals surface area contributed by atoms with Crippen LogP contribution in [0.3, 0.4) is 0 Å². The van der Waals surface area contributed by atoms with Gasteiger partial charge < -0.3 is 4.57 Å². The van der Waals surface area contributed by atoms with Gasteiger partial charge in [-0.15, -0.1) is 0 Å². The van der Waals surface area contributed by atoms with E-state index in [9.17, 15) is 13.2 Å². The summed E-state index contributed by atoms with van der Waals surface area (Å²) in [4.78, 5) is 3.64. The van der Waals surface area contributed by atoms with Gasteiger partial charge in [-0.3, -0.25) is 0 Å². The van der Waals surface area contributed by atoms with Crippen LogP contribution in [0.2, 0.25) is 0 Å². The van der Waals surface area contributed by atoms with Crippen LogP contribution in [0.25, 0.3) is 0 Å². The van der Waals surface area contributed by atoms with Gasteiger partial charge >= 0.3 is 6.18 Å². The first-order chi connectivity index (χ1) is 5.40. The molecule has 0 atom stereocenters. The molecule has 0 fully saturated rings. The summed E-state index contributed by atoms with van der Waals surface area (Å²) in [6, 6.07) is 0. The van der Waals surface area contributed by atoms with Gasteiger partial charge in [-0.25, -0.2) is 4.98 Å². The van der Waals surface area contributed by atoms with Gasteiger partial charge in [0.2, 0.25) is 0 Å². The van der Waals surface area contributed by atoms with E-state index in [1.165, 1.54) is 6.33 Å². The second kappa shape index (κ2) is 2.80. The lowest BCUT2D eigenvalue weighted by Gasteiger charge is -2.04. The molecule has 0 radical (unpaired) electrons. The van der Waals surface area contributed by atoms with Crippen molar-refractivity contribution in [2.45, 2.75) is 19.5 Å². The maximum Gasteiger partial charge on any atom is 0.394 e. The normalized spacial score (nSPS) is 12.1. The molecule has 0 saturated heterocycles. The number of hydrogen-bond acceptors (Lipinski definition) is 1. The number of imidazole rings is 1. The van der Waals surface area contributed by atoms with Crippen molar-refractivity contribution in [2.24, 2.45) is 7.05 Å². The molecule has 2 nitrogen and oxygen atoms in total. The highest BCUT2D eigenvalue weighted by Crippen LogP contribution is 2.21. The van der Waals surface area contributed by atoms with E-state index in [0.29, 0.717) is 5.69 Å². The second-order valence-electron chi connectivity index (χ2n) is 2.68. The number of hydrogen-bond donors (Lipinski definition) is 0. The topological polar surface area (TPSA) is 17.8 Å². The SMILES string of the molecule is Cc1c(CC(F)(F)F)ncn1C. The third kappa shape index (κ3) is 1.99. The van der Waals surface area contributed by atoms with E-state index in [-0.39, 0.29) is 5.69 Å². The Kier molecular flexibility index (Phi) is 2.12. The first kappa shape index (κ1) is 9.09. The quantitative estimate of drug-likeness (QED) is 0.641. The van der Waals surface area contributed by atoms with Crippen LogP contribution in [0.4, 0.5) is 13.2 Å². The lowest BCUT2D eigenvalue weighted by atomic mass is 10.2. The summed E-state index contributed by atoms with van der Waals surface area (Å²) in [6.45, 7) is 1.62. The fraction of sp³-hybridized carbons (Fsp3) is 0.571. The van der Waals surface area contributed by atoms with Gasteiger partial charge in [-0.2, -0.15) is 13.2 Å². The highest BCUT2D eigenvalue weighted by molar-refractivity contribution is 5.11. The van der Waals surface area contributed by atoms with Crippen molar-refractivity contribution in [3.05, 3.63) is 17.7 Å². The van der Waals surface area contributed by atoms with Crippen LogP contribution in [-0.2, 0) is 13.5 Å². The molecule has 0 aromatic carbocycles. The van der Waals surface area contributed by atoms with Crippen molar-refractivity contribution < 1.29 is 13.2 Å². The summed E-state index contributed by atoms with van der Waals surface area (Å²) in [7, 11) is 1.67. The minimum Gasteiger partial charge on any atom is -0.338 e. The third-order valence-corrected chi connectivity index (χ3v) is 1.70. The molecule has 0 unspecified atom stereocenters. The number of alkyl halides is 3. The molecule has 1 rings (SSSR count). The Balaban J connectivity index is 2.83. The Labute approximate surface area is 68.0 Å². The van der Waals surface area contributed by atoms with Gasteiger partial charge in [0.15, 0.2) is 0 Å². The van der Waals surface area contributed by atoms with Crippen molar-refractivity contribution in [3.63, 3.8) is 0 Å². The Morgan fingerprint density at radius 2 is 2.08 bits per heavy atom. The van der Waals surface area contributed by atoms with Gasteiger partial charge in [0, 0.05) is 12.7 Å². The number of nitrogens with zero attached hydrogens (tertiary/aromatic N) is 2. The molecule has 0 aliphatic carbocycles. The number of halogens is 3. The van der Waals surface area contributed by atoms with Crippen molar-refractivity contribution >= 4 is 0 Å². The lowest BCUT2D eigenvalue weighted by Crippen LogP contribution is -2.12. The first-order valence-corrected chi connectivity index (χ1v) is 3.43. The van der Waals surface area contributed by atoms with Crippen molar-refractivity contribution in [2.75, 3.05) is 0 Å². The molecule has 0 bridgehead atoms. The van der Waals surface area contributed by atoms with E-state index in [2.05, 4.69) is 4.98 Å². The Bertz CT molecular complexity index is 275. The molecule has 5 heteroatoms. The molecule has 0 amide bonds. The van der Waals surface area contributed by atoms with Gasteiger partial charge in [0.05, 0.1) is 18.4 Å². The van der Waals surface area contributed by atoms with Crippen LogP contribution in [-0.4, -0.2) is 15.7 Å². The molecular formula is C7H9F3N2. The average molecular weight is 178 g/mol. The minimum absolute atomic E-state index is 0.102. The van der Waals surface area contributed by atoms with Gasteiger partial charge in [0.1, 0.15) is 0 Å². The molecule has 1 aromatic heterocycles. The van der Waals surface area contributed by atoms with Crippen LogP contribution in [0, 0.1) is 6.92 Å². The Hall–Kier alpha value is -1.00. The smallest absolute Gasteiger partial charge is 0.338 e. The predicted octanol–water partition coefficient (Wildman–Crippen LogP) is 1.83. The molecular weight excluding hydrogens is 169 g/mol. The zero-order valence-electron chi connectivity index (χ0n) is 6.81. The molecule has 1 heterocycles. The molecule has 0 N–H and O–H groups in total. The lowest BCUT2D eigenvalue weighted by molar-refractivity contribution is -0.127. The van der Waals surface area contributed by atoms with Crippen molar-refractivity contribution in [1.82, 2.24) is 9.55 Å². The first-order valence-electron chi connectivity index (χ1n) is 3.43. The van der Waals surface area contributed by atoms with Crippen molar-refractivity contribution in [1.29, 1.82) is 0 Å². The zero-order valence-corrected chi connectivity index (χ0v) is 6.81. The maximum absolute atomic E-state index is 11.9. The van der Waals surface area contributed by atoms with Crippen LogP contribution in [0.1, 0.15) is 11.4 Å². The van der Waals surface area contributed by atoms with E-state index in [0.717, 1.165) is 0 Å².